The van der Waals surface area contributed by atoms with E-state index < -0.39 is 0 Å². The van der Waals surface area contributed by atoms with Crippen LogP contribution in [0.25, 0.3) is 10.6 Å². The maximum atomic E-state index is 12.6. The zero-order chi connectivity index (χ0) is 22.4. The molecule has 1 heterocycles. The number of methoxy groups -OCH3 is 2. The Morgan fingerprint density at radius 1 is 1.06 bits per heavy atom. The standard InChI is InChI=1S/C23H25N3O4S/c1-14(2)21(27)25-17-7-5-6-15(10-17)12-24-22(28)18-13-31-23(26-18)16-8-9-19(29-3)20(11-16)30-4/h5-11,13-14H,12H2,1-4H3,(H,24,28)(H,25,27). The van der Waals surface area contributed by atoms with Crippen LogP contribution in [0.3, 0.4) is 0 Å². The van der Waals surface area contributed by atoms with Crippen molar-refractivity contribution in [3.8, 4) is 22.1 Å². The van der Waals surface area contributed by atoms with E-state index in [-0.39, 0.29) is 17.7 Å². The van der Waals surface area contributed by atoms with Gasteiger partial charge in [0.15, 0.2) is 11.5 Å². The van der Waals surface area contributed by atoms with E-state index in [4.69, 9.17) is 9.47 Å². The zero-order valence-electron chi connectivity index (χ0n) is 17.9. The molecule has 3 rings (SSSR count). The second-order valence-electron chi connectivity index (χ2n) is 7.13. The van der Waals surface area contributed by atoms with Gasteiger partial charge < -0.3 is 20.1 Å². The van der Waals surface area contributed by atoms with E-state index in [0.29, 0.717) is 34.4 Å². The first kappa shape index (κ1) is 22.3. The highest BCUT2D eigenvalue weighted by molar-refractivity contribution is 7.13. The molecule has 0 unspecified atom stereocenters. The van der Waals surface area contributed by atoms with Gasteiger partial charge in [0.25, 0.3) is 5.91 Å². The van der Waals surface area contributed by atoms with Crippen molar-refractivity contribution in [2.45, 2.75) is 20.4 Å². The second kappa shape index (κ2) is 10.1. The fourth-order valence-electron chi connectivity index (χ4n) is 2.80. The van der Waals surface area contributed by atoms with Gasteiger partial charge in [0.2, 0.25) is 5.91 Å². The Labute approximate surface area is 185 Å². The third kappa shape index (κ3) is 5.61. The second-order valence-corrected chi connectivity index (χ2v) is 7.99. The Hall–Kier alpha value is -3.39. The molecule has 1 aromatic heterocycles. The quantitative estimate of drug-likeness (QED) is 0.545. The molecular formula is C23H25N3O4S. The predicted octanol–water partition coefficient (Wildman–Crippen LogP) is 4.35. The van der Waals surface area contributed by atoms with Gasteiger partial charge in [0.1, 0.15) is 10.7 Å². The first-order chi connectivity index (χ1) is 14.9. The van der Waals surface area contributed by atoms with Crippen LogP contribution in [0.2, 0.25) is 0 Å². The molecule has 0 aliphatic heterocycles. The molecule has 2 aromatic carbocycles. The first-order valence-corrected chi connectivity index (χ1v) is 10.6. The summed E-state index contributed by atoms with van der Waals surface area (Å²) in [5.74, 6) is 0.817. The molecule has 0 atom stereocenters. The number of benzene rings is 2. The maximum Gasteiger partial charge on any atom is 0.271 e. The molecule has 0 radical (unpaired) electrons. The van der Waals surface area contributed by atoms with Crippen LogP contribution in [0.4, 0.5) is 5.69 Å². The number of hydrogen-bond donors (Lipinski definition) is 2. The van der Waals surface area contributed by atoms with Crippen LogP contribution in [0.1, 0.15) is 29.9 Å². The number of hydrogen-bond acceptors (Lipinski definition) is 6. The number of thiazole rings is 1. The SMILES string of the molecule is COc1ccc(-c2nc(C(=O)NCc3cccc(NC(=O)C(C)C)c3)cs2)cc1OC. The lowest BCUT2D eigenvalue weighted by molar-refractivity contribution is -0.118. The van der Waals surface area contributed by atoms with Gasteiger partial charge >= 0.3 is 0 Å². The highest BCUT2D eigenvalue weighted by Gasteiger charge is 2.14. The summed E-state index contributed by atoms with van der Waals surface area (Å²) in [6, 6.07) is 12.9. The van der Waals surface area contributed by atoms with Gasteiger partial charge in [0.05, 0.1) is 14.2 Å². The molecule has 0 aliphatic rings. The Morgan fingerprint density at radius 3 is 2.55 bits per heavy atom. The Bertz CT molecular complexity index is 1080. The van der Waals surface area contributed by atoms with Crippen molar-refractivity contribution in [2.24, 2.45) is 5.92 Å². The summed E-state index contributed by atoms with van der Waals surface area (Å²) >= 11 is 1.38. The largest absolute Gasteiger partial charge is 0.493 e. The van der Waals surface area contributed by atoms with Crippen LogP contribution < -0.4 is 20.1 Å². The Kier molecular flexibility index (Phi) is 7.25. The Balaban J connectivity index is 1.65. The molecule has 0 saturated carbocycles. The zero-order valence-corrected chi connectivity index (χ0v) is 18.7. The molecule has 0 spiro atoms. The van der Waals surface area contributed by atoms with Crippen molar-refractivity contribution in [1.82, 2.24) is 10.3 Å². The summed E-state index contributed by atoms with van der Waals surface area (Å²) in [4.78, 5) is 28.9. The molecule has 0 saturated heterocycles. The summed E-state index contributed by atoms with van der Waals surface area (Å²) in [7, 11) is 3.16. The lowest BCUT2D eigenvalue weighted by Crippen LogP contribution is -2.23. The number of nitrogens with zero attached hydrogens (tertiary/aromatic N) is 1. The molecular weight excluding hydrogens is 414 g/mol. The van der Waals surface area contributed by atoms with Gasteiger partial charge in [-0.15, -0.1) is 11.3 Å². The minimum absolute atomic E-state index is 0.0497. The van der Waals surface area contributed by atoms with Crippen molar-refractivity contribution in [3.63, 3.8) is 0 Å². The minimum Gasteiger partial charge on any atom is -0.493 e. The monoisotopic (exact) mass is 439 g/mol. The molecule has 162 valence electrons. The highest BCUT2D eigenvalue weighted by Crippen LogP contribution is 2.33. The normalized spacial score (nSPS) is 10.6. The van der Waals surface area contributed by atoms with Gasteiger partial charge in [-0.05, 0) is 35.9 Å². The fourth-order valence-corrected chi connectivity index (χ4v) is 3.60. The number of carbonyl (C=O) groups excluding carboxylic acids is 2. The number of rotatable bonds is 8. The average molecular weight is 440 g/mol. The third-order valence-electron chi connectivity index (χ3n) is 4.54. The summed E-state index contributed by atoms with van der Waals surface area (Å²) in [6.07, 6.45) is 0. The van der Waals surface area contributed by atoms with Gasteiger partial charge in [-0.3, -0.25) is 9.59 Å². The van der Waals surface area contributed by atoms with Crippen LogP contribution in [0.15, 0.2) is 47.8 Å². The van der Waals surface area contributed by atoms with Crippen LogP contribution in [0, 0.1) is 5.92 Å². The minimum atomic E-state index is -0.264. The van der Waals surface area contributed by atoms with Crippen molar-refractivity contribution in [1.29, 1.82) is 0 Å². The predicted molar refractivity (Wildman–Crippen MR) is 122 cm³/mol. The van der Waals surface area contributed by atoms with E-state index in [9.17, 15) is 9.59 Å². The molecule has 8 heteroatoms. The summed E-state index contributed by atoms with van der Waals surface area (Å²) in [5, 5.41) is 8.17. The molecule has 0 bridgehead atoms. The van der Waals surface area contributed by atoms with E-state index in [1.165, 1.54) is 11.3 Å². The van der Waals surface area contributed by atoms with Gasteiger partial charge in [0, 0.05) is 29.1 Å². The number of nitrogens with one attached hydrogen (secondary N) is 2. The Morgan fingerprint density at radius 2 is 1.84 bits per heavy atom. The van der Waals surface area contributed by atoms with Crippen LogP contribution in [0.5, 0.6) is 11.5 Å². The molecule has 31 heavy (non-hydrogen) atoms. The average Bonchev–Trinajstić information content (AvgIpc) is 3.27. The third-order valence-corrected chi connectivity index (χ3v) is 5.43. The number of amides is 2. The number of anilines is 1. The van der Waals surface area contributed by atoms with Crippen molar-refractivity contribution in [2.75, 3.05) is 19.5 Å². The molecule has 3 aromatic rings. The van der Waals surface area contributed by atoms with Crippen LogP contribution in [-0.4, -0.2) is 31.0 Å². The lowest BCUT2D eigenvalue weighted by Gasteiger charge is -2.10. The van der Waals surface area contributed by atoms with Gasteiger partial charge in [-0.25, -0.2) is 4.98 Å². The molecule has 0 aliphatic carbocycles. The van der Waals surface area contributed by atoms with Crippen LogP contribution in [-0.2, 0) is 11.3 Å². The van der Waals surface area contributed by atoms with E-state index >= 15 is 0 Å². The molecule has 7 nitrogen and oxygen atoms in total. The summed E-state index contributed by atoms with van der Waals surface area (Å²) < 4.78 is 10.6. The van der Waals surface area contributed by atoms with Gasteiger partial charge in [-0.1, -0.05) is 26.0 Å². The maximum absolute atomic E-state index is 12.6. The number of carbonyl (C=O) groups is 2. The molecule has 2 N–H and O–H groups in total. The van der Waals surface area contributed by atoms with E-state index in [0.717, 1.165) is 11.1 Å². The van der Waals surface area contributed by atoms with Gasteiger partial charge in [-0.2, -0.15) is 0 Å². The summed E-state index contributed by atoms with van der Waals surface area (Å²) in [6.45, 7) is 4.00. The highest BCUT2D eigenvalue weighted by atomic mass is 32.1. The van der Waals surface area contributed by atoms with E-state index in [1.807, 2.05) is 50.2 Å². The lowest BCUT2D eigenvalue weighted by atomic mass is 10.1. The summed E-state index contributed by atoms with van der Waals surface area (Å²) in [5.41, 5.74) is 2.77. The van der Waals surface area contributed by atoms with Crippen LogP contribution >= 0.6 is 11.3 Å². The van der Waals surface area contributed by atoms with E-state index in [1.54, 1.807) is 25.7 Å². The molecule has 2 amide bonds. The van der Waals surface area contributed by atoms with Crippen molar-refractivity contribution >= 4 is 28.8 Å². The number of aromatic nitrogens is 1. The number of ether oxygens (including phenoxy) is 2. The molecule has 0 fully saturated rings. The van der Waals surface area contributed by atoms with Crippen molar-refractivity contribution in [3.05, 3.63) is 59.1 Å². The fraction of sp³-hybridized carbons (Fsp3) is 0.261. The smallest absolute Gasteiger partial charge is 0.271 e. The first-order valence-electron chi connectivity index (χ1n) is 9.77. The topological polar surface area (TPSA) is 89.5 Å². The van der Waals surface area contributed by atoms with E-state index in [2.05, 4.69) is 15.6 Å². The van der Waals surface area contributed by atoms with Crippen molar-refractivity contribution < 1.29 is 19.1 Å².